The van der Waals surface area contributed by atoms with Gasteiger partial charge in [0, 0.05) is 0 Å². The molecule has 3 rings (SSSR count). The molecule has 2 aromatic rings. The van der Waals surface area contributed by atoms with Gasteiger partial charge in [-0.1, -0.05) is 26.0 Å². The lowest BCUT2D eigenvalue weighted by molar-refractivity contribution is 0.502. The lowest BCUT2D eigenvalue weighted by atomic mass is 9.99. The van der Waals surface area contributed by atoms with Gasteiger partial charge in [0.05, 0.1) is 4.90 Å². The first-order valence-electron chi connectivity index (χ1n) is 8.59. The number of halogens is 2. The smallest absolute Gasteiger partial charge is 0.225 e. The molecule has 2 N–H and O–H groups in total. The number of benzene rings is 2. The maximum absolute atomic E-state index is 13.5. The van der Waals surface area contributed by atoms with Gasteiger partial charge in [-0.2, -0.15) is 0 Å². The number of hydrogen-bond acceptors (Lipinski definition) is 2. The topological polar surface area (TPSA) is 60.2 Å². The van der Waals surface area contributed by atoms with E-state index < -0.39 is 21.7 Å². The number of nitrogens with two attached hydrogens (primary N) is 1. The fourth-order valence-electron chi connectivity index (χ4n) is 4.08. The van der Waals surface area contributed by atoms with Crippen molar-refractivity contribution in [3.8, 4) is 0 Å². The fourth-order valence-corrected chi connectivity index (χ4v) is 4.59. The van der Waals surface area contributed by atoms with Gasteiger partial charge in [0.1, 0.15) is 0 Å². The summed E-state index contributed by atoms with van der Waals surface area (Å²) in [5, 5.41) is 5.14. The van der Waals surface area contributed by atoms with Crippen LogP contribution in [-0.4, -0.2) is 8.42 Å². The molecule has 26 heavy (non-hydrogen) atoms. The molecule has 1 fully saturated rings. The standard InChI is InChI=1S/C20H23F2NO2S/c1-12-10-17(21)18(22)11-14(12)6-9-16-19(20(16,2)3)13-4-7-15(8-5-13)26(23,24)25/h4-5,7-8,10-11,16,19H,6,9H2,1-3H3,(H2,23,24,25)/t16-,19-/m0/s1. The predicted molar refractivity (Wildman–Crippen MR) is 97.2 cm³/mol. The van der Waals surface area contributed by atoms with Crippen LogP contribution in [0.5, 0.6) is 0 Å². The zero-order chi connectivity index (χ0) is 19.3. The van der Waals surface area contributed by atoms with Gasteiger partial charge >= 0.3 is 0 Å². The third kappa shape index (κ3) is 3.53. The van der Waals surface area contributed by atoms with E-state index in [0.29, 0.717) is 18.3 Å². The minimum absolute atomic E-state index is 0.0790. The van der Waals surface area contributed by atoms with Gasteiger partial charge in [0.2, 0.25) is 10.0 Å². The van der Waals surface area contributed by atoms with Crippen molar-refractivity contribution in [3.05, 3.63) is 64.7 Å². The highest BCUT2D eigenvalue weighted by Crippen LogP contribution is 2.66. The normalized spacial score (nSPS) is 21.6. The second-order valence-electron chi connectivity index (χ2n) is 7.75. The minimum Gasteiger partial charge on any atom is -0.225 e. The zero-order valence-electron chi connectivity index (χ0n) is 15.1. The molecule has 0 amide bonds. The molecule has 0 aliphatic heterocycles. The zero-order valence-corrected chi connectivity index (χ0v) is 15.9. The second-order valence-corrected chi connectivity index (χ2v) is 9.31. The van der Waals surface area contributed by atoms with Crippen LogP contribution in [-0.2, 0) is 16.4 Å². The Balaban J connectivity index is 1.73. The summed E-state index contributed by atoms with van der Waals surface area (Å²) in [5.74, 6) is -0.917. The van der Waals surface area contributed by atoms with Crippen LogP contribution in [0.3, 0.4) is 0 Å². The summed E-state index contributed by atoms with van der Waals surface area (Å²) in [7, 11) is -3.69. The Morgan fingerprint density at radius 3 is 2.23 bits per heavy atom. The van der Waals surface area contributed by atoms with Crippen LogP contribution in [0.15, 0.2) is 41.3 Å². The van der Waals surface area contributed by atoms with Gasteiger partial charge in [-0.3, -0.25) is 0 Å². The van der Waals surface area contributed by atoms with Crippen molar-refractivity contribution < 1.29 is 17.2 Å². The molecule has 2 aromatic carbocycles. The molecule has 0 bridgehead atoms. The Kier molecular flexibility index (Phi) is 4.69. The monoisotopic (exact) mass is 379 g/mol. The molecule has 2 atom stereocenters. The van der Waals surface area contributed by atoms with Crippen molar-refractivity contribution in [2.75, 3.05) is 0 Å². The summed E-state index contributed by atoms with van der Waals surface area (Å²) in [5.41, 5.74) is 2.75. The average Bonchev–Trinajstić information content (AvgIpc) is 3.10. The van der Waals surface area contributed by atoms with Gasteiger partial charge in [-0.15, -0.1) is 0 Å². The Morgan fingerprint density at radius 1 is 1.08 bits per heavy atom. The number of rotatable bonds is 5. The van der Waals surface area contributed by atoms with E-state index in [1.807, 2.05) is 12.1 Å². The van der Waals surface area contributed by atoms with Crippen molar-refractivity contribution in [1.82, 2.24) is 0 Å². The summed E-state index contributed by atoms with van der Waals surface area (Å²) < 4.78 is 49.5. The summed E-state index contributed by atoms with van der Waals surface area (Å²) in [4.78, 5) is 0.105. The molecule has 140 valence electrons. The highest BCUT2D eigenvalue weighted by molar-refractivity contribution is 7.89. The molecule has 0 heterocycles. The maximum Gasteiger partial charge on any atom is 0.238 e. The third-order valence-electron chi connectivity index (χ3n) is 5.72. The Labute approximate surface area is 153 Å². The van der Waals surface area contributed by atoms with Crippen LogP contribution in [0.25, 0.3) is 0 Å². The minimum atomic E-state index is -3.69. The molecule has 1 saturated carbocycles. The predicted octanol–water partition coefficient (Wildman–Crippen LogP) is 4.29. The number of primary sulfonamides is 1. The SMILES string of the molecule is Cc1cc(F)c(F)cc1CC[C@H]1[C@H](c2ccc(S(N)(=O)=O)cc2)C1(C)C. The van der Waals surface area contributed by atoms with Crippen molar-refractivity contribution in [3.63, 3.8) is 0 Å². The third-order valence-corrected chi connectivity index (χ3v) is 6.65. The molecule has 3 nitrogen and oxygen atoms in total. The molecule has 0 unspecified atom stereocenters. The summed E-state index contributed by atoms with van der Waals surface area (Å²) in [6.45, 7) is 6.14. The fraction of sp³-hybridized carbons (Fsp3) is 0.400. The Hall–Kier alpha value is -1.79. The largest absolute Gasteiger partial charge is 0.238 e. The lowest BCUT2D eigenvalue weighted by Gasteiger charge is -2.07. The molecular formula is C20H23F2NO2S. The van der Waals surface area contributed by atoms with E-state index >= 15 is 0 Å². The molecular weight excluding hydrogens is 356 g/mol. The van der Waals surface area contributed by atoms with Gasteiger partial charge in [-0.25, -0.2) is 22.3 Å². The summed E-state index contributed by atoms with van der Waals surface area (Å²) in [6, 6.07) is 9.23. The quantitative estimate of drug-likeness (QED) is 0.842. The maximum atomic E-state index is 13.5. The molecule has 1 aliphatic carbocycles. The summed E-state index contributed by atoms with van der Waals surface area (Å²) in [6.07, 6.45) is 1.55. The molecule has 0 radical (unpaired) electrons. The average molecular weight is 379 g/mol. The van der Waals surface area contributed by atoms with Crippen molar-refractivity contribution >= 4 is 10.0 Å². The number of sulfonamides is 1. The van der Waals surface area contributed by atoms with Crippen molar-refractivity contribution in [2.45, 2.75) is 44.4 Å². The van der Waals surface area contributed by atoms with Gasteiger partial charge in [0.25, 0.3) is 0 Å². The van der Waals surface area contributed by atoms with E-state index in [1.165, 1.54) is 24.3 Å². The van der Waals surface area contributed by atoms with E-state index in [1.54, 1.807) is 6.92 Å². The van der Waals surface area contributed by atoms with Crippen molar-refractivity contribution in [1.29, 1.82) is 0 Å². The van der Waals surface area contributed by atoms with Gasteiger partial charge in [0.15, 0.2) is 11.6 Å². The van der Waals surface area contributed by atoms with Crippen LogP contribution < -0.4 is 5.14 Å². The van der Waals surface area contributed by atoms with Gasteiger partial charge < -0.3 is 0 Å². The molecule has 0 spiro atoms. The van der Waals surface area contributed by atoms with Crippen LogP contribution in [0.1, 0.15) is 42.9 Å². The van der Waals surface area contributed by atoms with E-state index in [9.17, 15) is 17.2 Å². The highest BCUT2D eigenvalue weighted by Gasteiger charge is 2.57. The van der Waals surface area contributed by atoms with Crippen LogP contribution in [0, 0.1) is 29.9 Å². The first-order valence-corrected chi connectivity index (χ1v) is 10.1. The van der Waals surface area contributed by atoms with E-state index in [-0.39, 0.29) is 10.3 Å². The highest BCUT2D eigenvalue weighted by atomic mass is 32.2. The van der Waals surface area contributed by atoms with Gasteiger partial charge in [-0.05, 0) is 78.0 Å². The number of hydrogen-bond donors (Lipinski definition) is 1. The van der Waals surface area contributed by atoms with Crippen LogP contribution >= 0.6 is 0 Å². The Morgan fingerprint density at radius 2 is 1.65 bits per heavy atom. The van der Waals surface area contributed by atoms with Crippen molar-refractivity contribution in [2.24, 2.45) is 16.5 Å². The molecule has 0 aromatic heterocycles. The summed E-state index contributed by atoms with van der Waals surface area (Å²) >= 11 is 0. The Bertz CT molecular complexity index is 937. The first-order chi connectivity index (χ1) is 12.0. The van der Waals surface area contributed by atoms with E-state index in [4.69, 9.17) is 5.14 Å². The first kappa shape index (κ1) is 19.0. The van der Waals surface area contributed by atoms with Crippen LogP contribution in [0.2, 0.25) is 0 Å². The lowest BCUT2D eigenvalue weighted by Crippen LogP contribution is -2.11. The molecule has 1 aliphatic rings. The van der Waals surface area contributed by atoms with E-state index in [0.717, 1.165) is 23.1 Å². The second kappa shape index (κ2) is 6.43. The number of aryl methyl sites for hydroxylation is 2. The molecule has 6 heteroatoms. The van der Waals surface area contributed by atoms with Crippen LogP contribution in [0.4, 0.5) is 8.78 Å². The molecule has 0 saturated heterocycles. The van der Waals surface area contributed by atoms with E-state index in [2.05, 4.69) is 13.8 Å².